The number of para-hydroxylation sites is 1. The molecule has 0 amide bonds. The normalized spacial score (nSPS) is 11.0. The molecular formula is C45H40N2S. The second kappa shape index (κ2) is 13.8. The zero-order chi connectivity index (χ0) is 33.0. The molecule has 0 spiro atoms. The molecule has 48 heavy (non-hydrogen) atoms. The van der Waals surface area contributed by atoms with Crippen LogP contribution in [-0.4, -0.2) is 0 Å². The highest BCUT2D eigenvalue weighted by atomic mass is 32.1. The van der Waals surface area contributed by atoms with Crippen LogP contribution in [0.1, 0.15) is 33.4 Å². The molecule has 0 fully saturated rings. The Balaban J connectivity index is 1.09. The molecule has 0 saturated heterocycles. The highest BCUT2D eigenvalue weighted by molar-refractivity contribution is 7.14. The van der Waals surface area contributed by atoms with Crippen LogP contribution in [0.3, 0.4) is 0 Å². The molecule has 7 aromatic rings. The van der Waals surface area contributed by atoms with Crippen molar-refractivity contribution in [2.24, 2.45) is 0 Å². The quantitative estimate of drug-likeness (QED) is 0.155. The third-order valence-electron chi connectivity index (χ3n) is 8.94. The fraction of sp³-hybridized carbons (Fsp3) is 0.111. The van der Waals surface area contributed by atoms with Gasteiger partial charge in [0.15, 0.2) is 0 Å². The van der Waals surface area contributed by atoms with Gasteiger partial charge in [-0.25, -0.2) is 0 Å². The summed E-state index contributed by atoms with van der Waals surface area (Å²) in [6.45, 7) is 8.68. The van der Waals surface area contributed by atoms with Crippen LogP contribution < -0.4 is 9.80 Å². The Hall–Kier alpha value is -5.38. The summed E-state index contributed by atoms with van der Waals surface area (Å²) in [5, 5.41) is 3.36. The van der Waals surface area contributed by atoms with Crippen LogP contribution in [0.25, 0.3) is 11.1 Å². The van der Waals surface area contributed by atoms with Crippen molar-refractivity contribution in [2.45, 2.75) is 34.1 Å². The van der Waals surface area contributed by atoms with Crippen molar-refractivity contribution in [3.63, 3.8) is 0 Å². The second-order valence-corrected chi connectivity index (χ2v) is 13.6. The Bertz CT molecular complexity index is 2110. The SMILES string of the molecule is Cc1ccc(N(c2ccccc2)c2ccc(-c3ccc(Cc4ccc(N(c5cccs5)c5ccc(C)cc5C)cc4)cc3)cc2)c(C)c1. The number of thiophene rings is 1. The van der Waals surface area contributed by atoms with E-state index in [2.05, 4.69) is 195 Å². The van der Waals surface area contributed by atoms with E-state index in [1.165, 1.54) is 66.6 Å². The molecule has 0 aliphatic heterocycles. The molecular weight excluding hydrogens is 601 g/mol. The number of anilines is 6. The van der Waals surface area contributed by atoms with Crippen LogP contribution >= 0.6 is 11.3 Å². The Labute approximate surface area is 289 Å². The molecule has 1 heterocycles. The zero-order valence-electron chi connectivity index (χ0n) is 28.0. The molecule has 0 N–H and O–H groups in total. The molecule has 0 saturated carbocycles. The number of nitrogens with zero attached hydrogens (tertiary/aromatic N) is 2. The summed E-state index contributed by atoms with van der Waals surface area (Å²) in [6.07, 6.45) is 0.893. The predicted octanol–water partition coefficient (Wildman–Crippen LogP) is 13.2. The van der Waals surface area contributed by atoms with Crippen LogP contribution in [0.4, 0.5) is 33.4 Å². The van der Waals surface area contributed by atoms with Gasteiger partial charge in [-0.3, -0.25) is 0 Å². The van der Waals surface area contributed by atoms with Gasteiger partial charge in [0.2, 0.25) is 0 Å². The average Bonchev–Trinajstić information content (AvgIpc) is 3.64. The Morgan fingerprint density at radius 1 is 0.438 bits per heavy atom. The van der Waals surface area contributed by atoms with Crippen molar-refractivity contribution < 1.29 is 0 Å². The van der Waals surface area contributed by atoms with Gasteiger partial charge in [0.05, 0.1) is 5.00 Å². The minimum atomic E-state index is 0.893. The van der Waals surface area contributed by atoms with E-state index in [1.54, 1.807) is 11.3 Å². The molecule has 0 bridgehead atoms. The highest BCUT2D eigenvalue weighted by Crippen LogP contribution is 2.40. The first kappa shape index (κ1) is 31.2. The topological polar surface area (TPSA) is 6.48 Å². The van der Waals surface area contributed by atoms with Crippen molar-refractivity contribution in [1.29, 1.82) is 0 Å². The molecule has 236 valence electrons. The third-order valence-corrected chi connectivity index (χ3v) is 9.80. The van der Waals surface area contributed by atoms with Crippen LogP contribution in [-0.2, 0) is 6.42 Å². The maximum Gasteiger partial charge on any atom is 0.0999 e. The summed E-state index contributed by atoms with van der Waals surface area (Å²) in [7, 11) is 0. The van der Waals surface area contributed by atoms with Crippen LogP contribution in [0.2, 0.25) is 0 Å². The number of benzene rings is 6. The van der Waals surface area contributed by atoms with E-state index in [-0.39, 0.29) is 0 Å². The Kier molecular flexibility index (Phi) is 8.96. The summed E-state index contributed by atoms with van der Waals surface area (Å²) in [4.78, 5) is 4.71. The van der Waals surface area contributed by atoms with Crippen molar-refractivity contribution in [3.05, 3.63) is 190 Å². The lowest BCUT2D eigenvalue weighted by molar-refractivity contribution is 1.18. The molecule has 2 nitrogen and oxygen atoms in total. The predicted molar refractivity (Wildman–Crippen MR) is 207 cm³/mol. The average molecular weight is 641 g/mol. The second-order valence-electron chi connectivity index (χ2n) is 12.6. The van der Waals surface area contributed by atoms with Gasteiger partial charge < -0.3 is 9.80 Å². The van der Waals surface area contributed by atoms with Crippen LogP contribution in [0.15, 0.2) is 157 Å². The molecule has 0 aliphatic carbocycles. The summed E-state index contributed by atoms with van der Waals surface area (Å²) in [5.41, 5.74) is 16.0. The molecule has 0 unspecified atom stereocenters. The Morgan fingerprint density at radius 3 is 1.46 bits per heavy atom. The largest absolute Gasteiger partial charge is 0.310 e. The fourth-order valence-corrected chi connectivity index (χ4v) is 7.28. The molecule has 1 aromatic heterocycles. The third kappa shape index (κ3) is 6.69. The molecule has 0 radical (unpaired) electrons. The van der Waals surface area contributed by atoms with Gasteiger partial charge >= 0.3 is 0 Å². The minimum Gasteiger partial charge on any atom is -0.310 e. The van der Waals surface area contributed by atoms with Gasteiger partial charge in [-0.1, -0.05) is 102 Å². The minimum absolute atomic E-state index is 0.893. The number of rotatable bonds is 9. The van der Waals surface area contributed by atoms with Gasteiger partial charge in [-0.05, 0) is 134 Å². The molecule has 7 rings (SSSR count). The van der Waals surface area contributed by atoms with E-state index in [0.717, 1.165) is 17.8 Å². The number of hydrogen-bond acceptors (Lipinski definition) is 3. The summed E-state index contributed by atoms with van der Waals surface area (Å²) in [6, 6.07) is 55.2. The van der Waals surface area contributed by atoms with Crippen molar-refractivity contribution >= 4 is 44.8 Å². The van der Waals surface area contributed by atoms with E-state index in [4.69, 9.17) is 0 Å². The van der Waals surface area contributed by atoms with Crippen molar-refractivity contribution in [2.75, 3.05) is 9.80 Å². The Morgan fingerprint density at radius 2 is 0.917 bits per heavy atom. The van der Waals surface area contributed by atoms with E-state index in [0.29, 0.717) is 0 Å². The van der Waals surface area contributed by atoms with Crippen molar-refractivity contribution in [1.82, 2.24) is 0 Å². The maximum absolute atomic E-state index is 2.37. The standard InChI is InChI=1S/C45H40N2S/c1-32-12-26-43(34(3)29-32)46(40-9-6-5-7-10-40)41-24-20-39(21-25-41)38-18-14-36(15-19-38)31-37-16-22-42(23-17-37)47(45-11-8-28-48-45)44-27-13-33(2)30-35(44)4/h5-30H,31H2,1-4H3. The maximum atomic E-state index is 2.37. The van der Waals surface area contributed by atoms with E-state index in [9.17, 15) is 0 Å². The first-order chi connectivity index (χ1) is 23.4. The summed E-state index contributed by atoms with van der Waals surface area (Å²) in [5.74, 6) is 0. The number of hydrogen-bond donors (Lipinski definition) is 0. The smallest absolute Gasteiger partial charge is 0.0999 e. The van der Waals surface area contributed by atoms with Gasteiger partial charge in [-0.15, -0.1) is 11.3 Å². The molecule has 0 aliphatic rings. The van der Waals surface area contributed by atoms with Crippen LogP contribution in [0.5, 0.6) is 0 Å². The molecule has 0 atom stereocenters. The monoisotopic (exact) mass is 640 g/mol. The van der Waals surface area contributed by atoms with E-state index < -0.39 is 0 Å². The lowest BCUT2D eigenvalue weighted by Crippen LogP contribution is -2.11. The first-order valence-corrected chi connectivity index (χ1v) is 17.4. The van der Waals surface area contributed by atoms with E-state index in [1.807, 2.05) is 0 Å². The van der Waals surface area contributed by atoms with E-state index >= 15 is 0 Å². The number of aryl methyl sites for hydroxylation is 4. The van der Waals surface area contributed by atoms with Crippen LogP contribution in [0, 0.1) is 27.7 Å². The molecule has 6 aromatic carbocycles. The van der Waals surface area contributed by atoms with Gasteiger partial charge in [0, 0.05) is 28.4 Å². The summed E-state index contributed by atoms with van der Waals surface area (Å²) >= 11 is 1.76. The fourth-order valence-electron chi connectivity index (χ4n) is 6.52. The molecule has 3 heteroatoms. The lowest BCUT2D eigenvalue weighted by Gasteiger charge is -2.27. The lowest BCUT2D eigenvalue weighted by atomic mass is 9.99. The zero-order valence-corrected chi connectivity index (χ0v) is 28.8. The van der Waals surface area contributed by atoms with Gasteiger partial charge in [0.25, 0.3) is 0 Å². The van der Waals surface area contributed by atoms with Gasteiger partial charge in [-0.2, -0.15) is 0 Å². The first-order valence-electron chi connectivity index (χ1n) is 16.5. The highest BCUT2D eigenvalue weighted by Gasteiger charge is 2.17. The van der Waals surface area contributed by atoms with Gasteiger partial charge in [0.1, 0.15) is 0 Å². The van der Waals surface area contributed by atoms with Crippen molar-refractivity contribution in [3.8, 4) is 11.1 Å². The summed E-state index contributed by atoms with van der Waals surface area (Å²) < 4.78 is 0.